The number of aromatic nitrogens is 1. The molecule has 1 N–H and O–H groups in total. The van der Waals surface area contributed by atoms with Crippen molar-refractivity contribution in [1.82, 2.24) is 4.98 Å². The Morgan fingerprint density at radius 3 is 2.57 bits per heavy atom. The summed E-state index contributed by atoms with van der Waals surface area (Å²) in [6.45, 7) is 5.40. The van der Waals surface area contributed by atoms with Gasteiger partial charge in [-0.25, -0.2) is 4.39 Å². The average Bonchev–Trinajstić information content (AvgIpc) is 2.42. The van der Waals surface area contributed by atoms with E-state index >= 15 is 0 Å². The van der Waals surface area contributed by atoms with Gasteiger partial charge in [0.2, 0.25) is 0 Å². The molecule has 1 heterocycles. The molecule has 0 radical (unpaired) electrons. The maximum atomic E-state index is 12.9. The van der Waals surface area contributed by atoms with E-state index in [1.54, 1.807) is 32.0 Å². The molecule has 5 nitrogen and oxygen atoms in total. The van der Waals surface area contributed by atoms with Crippen LogP contribution < -0.4 is 5.32 Å². The number of anilines is 1. The van der Waals surface area contributed by atoms with Gasteiger partial charge < -0.3 is 5.32 Å². The van der Waals surface area contributed by atoms with Gasteiger partial charge in [0.05, 0.1) is 22.9 Å². The fourth-order valence-electron chi connectivity index (χ4n) is 2.10. The van der Waals surface area contributed by atoms with Gasteiger partial charge in [-0.15, -0.1) is 0 Å². The number of nitrogens with one attached hydrogen (secondary N) is 1. The van der Waals surface area contributed by atoms with Gasteiger partial charge in [-0.05, 0) is 44.5 Å². The standard InChI is InChI=1S/C15H16FN3O2/c1-9-7-15(19(20)21)10(2)6-14(9)18-11(3)13-5-4-12(16)8-17-13/h4-8,11,18H,1-3H3. The van der Waals surface area contributed by atoms with Crippen LogP contribution in [-0.2, 0) is 0 Å². The topological polar surface area (TPSA) is 68.1 Å². The van der Waals surface area contributed by atoms with Gasteiger partial charge in [-0.1, -0.05) is 0 Å². The van der Waals surface area contributed by atoms with Gasteiger partial charge in [0.25, 0.3) is 5.69 Å². The Morgan fingerprint density at radius 2 is 2.00 bits per heavy atom. The first-order valence-electron chi connectivity index (χ1n) is 6.52. The highest BCUT2D eigenvalue weighted by Crippen LogP contribution is 2.28. The van der Waals surface area contributed by atoms with Gasteiger partial charge in [0.15, 0.2) is 0 Å². The molecule has 1 unspecified atom stereocenters. The molecule has 21 heavy (non-hydrogen) atoms. The number of hydrogen-bond donors (Lipinski definition) is 1. The predicted molar refractivity (Wildman–Crippen MR) is 78.8 cm³/mol. The van der Waals surface area contributed by atoms with Crippen LogP contribution in [0.15, 0.2) is 30.5 Å². The lowest BCUT2D eigenvalue weighted by Crippen LogP contribution is -2.10. The fraction of sp³-hybridized carbons (Fsp3) is 0.267. The second kappa shape index (κ2) is 5.87. The van der Waals surface area contributed by atoms with E-state index in [9.17, 15) is 14.5 Å². The Kier molecular flexibility index (Phi) is 4.16. The van der Waals surface area contributed by atoms with Crippen LogP contribution in [-0.4, -0.2) is 9.91 Å². The van der Waals surface area contributed by atoms with E-state index in [1.807, 2.05) is 6.92 Å². The van der Waals surface area contributed by atoms with E-state index in [-0.39, 0.29) is 17.5 Å². The Labute approximate surface area is 122 Å². The van der Waals surface area contributed by atoms with E-state index in [1.165, 1.54) is 12.3 Å². The molecule has 0 aliphatic carbocycles. The number of nitrogens with zero attached hydrogens (tertiary/aromatic N) is 2. The molecule has 2 aromatic rings. The molecule has 0 bridgehead atoms. The first-order chi connectivity index (χ1) is 9.88. The average molecular weight is 289 g/mol. The summed E-state index contributed by atoms with van der Waals surface area (Å²) in [7, 11) is 0. The molecule has 0 saturated carbocycles. The smallest absolute Gasteiger partial charge is 0.272 e. The molecule has 0 aliphatic rings. The van der Waals surface area contributed by atoms with Crippen molar-refractivity contribution in [2.24, 2.45) is 0 Å². The molecular formula is C15H16FN3O2. The molecule has 1 atom stereocenters. The second-order valence-electron chi connectivity index (χ2n) is 4.98. The number of rotatable bonds is 4. The van der Waals surface area contributed by atoms with Crippen molar-refractivity contribution in [3.63, 3.8) is 0 Å². The van der Waals surface area contributed by atoms with Crippen LogP contribution in [0.25, 0.3) is 0 Å². The summed E-state index contributed by atoms with van der Waals surface area (Å²) in [6, 6.07) is 6.12. The molecule has 0 saturated heterocycles. The van der Waals surface area contributed by atoms with Crippen LogP contribution >= 0.6 is 0 Å². The zero-order chi connectivity index (χ0) is 15.6. The van der Waals surface area contributed by atoms with Crippen LogP contribution in [0, 0.1) is 29.8 Å². The van der Waals surface area contributed by atoms with Gasteiger partial charge in [-0.3, -0.25) is 15.1 Å². The summed E-state index contributed by atoms with van der Waals surface area (Å²) in [4.78, 5) is 14.5. The lowest BCUT2D eigenvalue weighted by atomic mass is 10.1. The lowest BCUT2D eigenvalue weighted by Gasteiger charge is -2.17. The molecule has 6 heteroatoms. The Balaban J connectivity index is 2.25. The maximum Gasteiger partial charge on any atom is 0.272 e. The van der Waals surface area contributed by atoms with Crippen LogP contribution in [0.3, 0.4) is 0 Å². The van der Waals surface area contributed by atoms with Crippen molar-refractivity contribution in [1.29, 1.82) is 0 Å². The quantitative estimate of drug-likeness (QED) is 0.684. The SMILES string of the molecule is Cc1cc([N+](=O)[O-])c(C)cc1NC(C)c1ccc(F)cn1. The third-order valence-electron chi connectivity index (χ3n) is 3.31. The summed E-state index contributed by atoms with van der Waals surface area (Å²) in [5.74, 6) is -0.381. The Bertz CT molecular complexity index is 671. The molecule has 0 aliphatic heterocycles. The monoisotopic (exact) mass is 289 g/mol. The van der Waals surface area contributed by atoms with Crippen molar-refractivity contribution >= 4 is 11.4 Å². The number of pyridine rings is 1. The molecule has 0 fully saturated rings. The Hall–Kier alpha value is -2.50. The maximum absolute atomic E-state index is 12.9. The molecule has 110 valence electrons. The van der Waals surface area contributed by atoms with E-state index in [0.717, 1.165) is 11.3 Å². The van der Waals surface area contributed by atoms with Crippen molar-refractivity contribution < 1.29 is 9.31 Å². The number of nitro groups is 1. The second-order valence-corrected chi connectivity index (χ2v) is 4.98. The number of hydrogen-bond acceptors (Lipinski definition) is 4. The van der Waals surface area contributed by atoms with Gasteiger partial charge in [0, 0.05) is 17.3 Å². The lowest BCUT2D eigenvalue weighted by molar-refractivity contribution is -0.385. The summed E-state index contributed by atoms with van der Waals surface area (Å²) in [5.41, 5.74) is 2.97. The van der Waals surface area contributed by atoms with Crippen molar-refractivity contribution in [3.05, 3.63) is 63.2 Å². The Morgan fingerprint density at radius 1 is 1.29 bits per heavy atom. The van der Waals surface area contributed by atoms with Crippen molar-refractivity contribution in [2.45, 2.75) is 26.8 Å². The molecule has 0 amide bonds. The first-order valence-corrected chi connectivity index (χ1v) is 6.52. The number of halogens is 1. The number of nitro benzene ring substituents is 1. The molecular weight excluding hydrogens is 273 g/mol. The first kappa shape index (κ1) is 14.9. The van der Waals surface area contributed by atoms with Crippen molar-refractivity contribution in [2.75, 3.05) is 5.32 Å². The van der Waals surface area contributed by atoms with E-state index in [2.05, 4.69) is 10.3 Å². The summed E-state index contributed by atoms with van der Waals surface area (Å²) in [6.07, 6.45) is 1.17. The van der Waals surface area contributed by atoms with Gasteiger partial charge >= 0.3 is 0 Å². The van der Waals surface area contributed by atoms with Crippen LogP contribution in [0.2, 0.25) is 0 Å². The van der Waals surface area contributed by atoms with Crippen molar-refractivity contribution in [3.8, 4) is 0 Å². The molecule has 0 spiro atoms. The molecule has 1 aromatic heterocycles. The van der Waals surface area contributed by atoms with E-state index < -0.39 is 4.92 Å². The minimum atomic E-state index is -0.392. The number of aryl methyl sites for hydroxylation is 2. The highest BCUT2D eigenvalue weighted by atomic mass is 19.1. The van der Waals surface area contributed by atoms with Gasteiger partial charge in [0.1, 0.15) is 5.82 Å². The largest absolute Gasteiger partial charge is 0.377 e. The van der Waals surface area contributed by atoms with E-state index in [4.69, 9.17) is 0 Å². The van der Waals surface area contributed by atoms with Crippen LogP contribution in [0.5, 0.6) is 0 Å². The summed E-state index contributed by atoms with van der Waals surface area (Å²) < 4.78 is 12.9. The van der Waals surface area contributed by atoms with Crippen LogP contribution in [0.4, 0.5) is 15.8 Å². The zero-order valence-corrected chi connectivity index (χ0v) is 12.1. The normalized spacial score (nSPS) is 12.0. The molecule has 1 aromatic carbocycles. The molecule has 2 rings (SSSR count). The van der Waals surface area contributed by atoms with Crippen LogP contribution in [0.1, 0.15) is 29.8 Å². The van der Waals surface area contributed by atoms with Gasteiger partial charge in [-0.2, -0.15) is 0 Å². The fourth-order valence-corrected chi connectivity index (χ4v) is 2.10. The zero-order valence-electron chi connectivity index (χ0n) is 12.1. The highest BCUT2D eigenvalue weighted by Gasteiger charge is 2.15. The third kappa shape index (κ3) is 3.34. The van der Waals surface area contributed by atoms with E-state index in [0.29, 0.717) is 11.3 Å². The minimum absolute atomic E-state index is 0.102. The minimum Gasteiger partial charge on any atom is -0.377 e. The predicted octanol–water partition coefficient (Wildman–Crippen LogP) is 3.92. The third-order valence-corrected chi connectivity index (χ3v) is 3.31. The number of benzene rings is 1. The summed E-state index contributed by atoms with van der Waals surface area (Å²) >= 11 is 0. The highest BCUT2D eigenvalue weighted by molar-refractivity contribution is 5.59. The summed E-state index contributed by atoms with van der Waals surface area (Å²) in [5, 5.41) is 14.1.